The fraction of sp³-hybridized carbons (Fsp3) is 0.667. The van der Waals surface area contributed by atoms with Crippen molar-refractivity contribution in [3.05, 3.63) is 0 Å². The molecule has 0 aliphatic heterocycles. The molecule has 0 rings (SSSR count). The first-order valence-electron chi connectivity index (χ1n) is 6.20. The highest BCUT2D eigenvalue weighted by Gasteiger charge is 2.51. The molecule has 0 spiro atoms. The normalized spacial score (nSPS) is 16.5. The Balaban J connectivity index is 5.69. The van der Waals surface area contributed by atoms with Crippen LogP contribution in [0.4, 0.5) is 0 Å². The van der Waals surface area contributed by atoms with Gasteiger partial charge in [0.1, 0.15) is 0 Å². The van der Waals surface area contributed by atoms with Gasteiger partial charge in [0.25, 0.3) is 0 Å². The number of carboxylic acids is 4. The third-order valence-corrected chi connectivity index (χ3v) is 3.14. The standard InChI is InChI=1S/C12H18O9/c1-3-6(9(15)16)12(4-2,11(19)20)21-7(10(17)18)5-8(13)14/h6-7H,3-5H2,1-2H3,(H,13,14)(H,15,16)(H,17,18)(H,19,20). The summed E-state index contributed by atoms with van der Waals surface area (Å²) in [5.41, 5.74) is -2.31. The second-order valence-corrected chi connectivity index (χ2v) is 4.39. The van der Waals surface area contributed by atoms with Gasteiger partial charge in [-0.2, -0.15) is 0 Å². The van der Waals surface area contributed by atoms with Crippen LogP contribution >= 0.6 is 0 Å². The van der Waals surface area contributed by atoms with Crippen molar-refractivity contribution in [3.8, 4) is 0 Å². The van der Waals surface area contributed by atoms with Crippen LogP contribution in [0.5, 0.6) is 0 Å². The van der Waals surface area contributed by atoms with Crippen molar-refractivity contribution in [2.45, 2.75) is 44.8 Å². The van der Waals surface area contributed by atoms with Gasteiger partial charge in [-0.05, 0) is 12.8 Å². The summed E-state index contributed by atoms with van der Waals surface area (Å²) in [6.07, 6.45) is -3.36. The van der Waals surface area contributed by atoms with Crippen molar-refractivity contribution in [2.24, 2.45) is 5.92 Å². The summed E-state index contributed by atoms with van der Waals surface area (Å²) >= 11 is 0. The Hall–Kier alpha value is -2.16. The molecule has 0 aromatic carbocycles. The average Bonchev–Trinajstić information content (AvgIpc) is 2.35. The smallest absolute Gasteiger partial charge is 0.336 e. The lowest BCUT2D eigenvalue weighted by atomic mass is 9.82. The molecule has 0 aliphatic rings. The highest BCUT2D eigenvalue weighted by atomic mass is 16.6. The van der Waals surface area contributed by atoms with Gasteiger partial charge < -0.3 is 25.2 Å². The van der Waals surface area contributed by atoms with E-state index >= 15 is 0 Å². The van der Waals surface area contributed by atoms with Crippen LogP contribution in [0.2, 0.25) is 0 Å². The van der Waals surface area contributed by atoms with Gasteiger partial charge >= 0.3 is 23.9 Å². The lowest BCUT2D eigenvalue weighted by Gasteiger charge is -2.35. The van der Waals surface area contributed by atoms with Crippen LogP contribution in [0, 0.1) is 5.92 Å². The van der Waals surface area contributed by atoms with Crippen LogP contribution in [0.25, 0.3) is 0 Å². The van der Waals surface area contributed by atoms with Gasteiger partial charge in [0, 0.05) is 0 Å². The first-order valence-corrected chi connectivity index (χ1v) is 6.20. The molecule has 0 saturated heterocycles. The molecular formula is C12H18O9. The zero-order chi connectivity index (χ0) is 16.8. The third-order valence-electron chi connectivity index (χ3n) is 3.14. The van der Waals surface area contributed by atoms with Crippen molar-refractivity contribution in [1.29, 1.82) is 0 Å². The first kappa shape index (κ1) is 18.8. The molecule has 3 unspecified atom stereocenters. The Bertz CT molecular complexity index is 430. The predicted molar refractivity (Wildman–Crippen MR) is 66.8 cm³/mol. The second-order valence-electron chi connectivity index (χ2n) is 4.39. The third kappa shape index (κ3) is 4.42. The van der Waals surface area contributed by atoms with Crippen molar-refractivity contribution >= 4 is 23.9 Å². The highest BCUT2D eigenvalue weighted by Crippen LogP contribution is 2.32. The van der Waals surface area contributed by atoms with Crippen LogP contribution in [0.15, 0.2) is 0 Å². The molecule has 0 aromatic rings. The summed E-state index contributed by atoms with van der Waals surface area (Å²) in [5.74, 6) is -7.77. The molecule has 0 radical (unpaired) electrons. The Kier molecular flexibility index (Phi) is 6.80. The zero-order valence-corrected chi connectivity index (χ0v) is 11.6. The van der Waals surface area contributed by atoms with Crippen molar-refractivity contribution in [2.75, 3.05) is 0 Å². The number of hydrogen-bond donors (Lipinski definition) is 4. The Morgan fingerprint density at radius 2 is 1.52 bits per heavy atom. The minimum atomic E-state index is -2.31. The molecule has 4 N–H and O–H groups in total. The fourth-order valence-electron chi connectivity index (χ4n) is 2.06. The van der Waals surface area contributed by atoms with E-state index in [4.69, 9.17) is 20.1 Å². The number of ether oxygens (including phenoxy) is 1. The molecular weight excluding hydrogens is 288 g/mol. The molecule has 0 fully saturated rings. The number of carbonyl (C=O) groups is 4. The quantitative estimate of drug-likeness (QED) is 0.444. The lowest BCUT2D eigenvalue weighted by Crippen LogP contribution is -2.54. The van der Waals surface area contributed by atoms with Crippen LogP contribution in [0.3, 0.4) is 0 Å². The largest absolute Gasteiger partial charge is 0.481 e. The Morgan fingerprint density at radius 3 is 1.76 bits per heavy atom. The van der Waals surface area contributed by atoms with E-state index in [1.807, 2.05) is 0 Å². The topological polar surface area (TPSA) is 158 Å². The van der Waals surface area contributed by atoms with Crippen LogP contribution in [-0.4, -0.2) is 56.0 Å². The molecule has 0 amide bonds. The minimum absolute atomic E-state index is 0.116. The first-order chi connectivity index (χ1) is 9.62. The van der Waals surface area contributed by atoms with E-state index in [0.29, 0.717) is 0 Å². The van der Waals surface area contributed by atoms with Crippen molar-refractivity contribution in [3.63, 3.8) is 0 Å². The zero-order valence-electron chi connectivity index (χ0n) is 11.6. The van der Waals surface area contributed by atoms with E-state index in [1.54, 1.807) is 0 Å². The monoisotopic (exact) mass is 306 g/mol. The van der Waals surface area contributed by atoms with Gasteiger partial charge in [0.05, 0.1) is 12.3 Å². The summed E-state index contributed by atoms with van der Waals surface area (Å²) in [5, 5.41) is 36.0. The van der Waals surface area contributed by atoms with Gasteiger partial charge in [0.2, 0.25) is 0 Å². The van der Waals surface area contributed by atoms with Gasteiger partial charge in [-0.1, -0.05) is 13.8 Å². The Labute approximate surface area is 120 Å². The summed E-state index contributed by atoms with van der Waals surface area (Å²) < 4.78 is 4.97. The van der Waals surface area contributed by atoms with E-state index in [-0.39, 0.29) is 12.8 Å². The SMILES string of the molecule is CCC(C(=O)O)C(CC)(OC(CC(=O)O)C(=O)O)C(=O)O. The van der Waals surface area contributed by atoms with Crippen LogP contribution < -0.4 is 0 Å². The van der Waals surface area contributed by atoms with E-state index in [1.165, 1.54) is 13.8 Å². The molecule has 21 heavy (non-hydrogen) atoms. The molecule has 3 atom stereocenters. The molecule has 0 aromatic heterocycles. The second kappa shape index (κ2) is 7.58. The number of hydrogen-bond acceptors (Lipinski definition) is 5. The summed E-state index contributed by atoms with van der Waals surface area (Å²) in [4.78, 5) is 44.3. The van der Waals surface area contributed by atoms with Crippen molar-refractivity contribution < 1.29 is 44.3 Å². The maximum atomic E-state index is 11.5. The van der Waals surface area contributed by atoms with Gasteiger partial charge in [-0.3, -0.25) is 9.59 Å². The number of rotatable bonds is 10. The molecule has 9 heteroatoms. The maximum absolute atomic E-state index is 11.5. The number of aliphatic carboxylic acids is 4. The van der Waals surface area contributed by atoms with E-state index < -0.39 is 47.9 Å². The molecule has 0 bridgehead atoms. The van der Waals surface area contributed by atoms with Crippen LogP contribution in [-0.2, 0) is 23.9 Å². The van der Waals surface area contributed by atoms with E-state index in [9.17, 15) is 24.3 Å². The molecule has 0 heterocycles. The summed E-state index contributed by atoms with van der Waals surface area (Å²) in [7, 11) is 0. The van der Waals surface area contributed by atoms with E-state index in [0.717, 1.165) is 0 Å². The average molecular weight is 306 g/mol. The number of carboxylic acid groups (broad SMARTS) is 4. The maximum Gasteiger partial charge on any atom is 0.336 e. The minimum Gasteiger partial charge on any atom is -0.481 e. The molecule has 0 aliphatic carbocycles. The lowest BCUT2D eigenvalue weighted by molar-refractivity contribution is -0.201. The summed E-state index contributed by atoms with van der Waals surface area (Å²) in [6.45, 7) is 2.75. The van der Waals surface area contributed by atoms with E-state index in [2.05, 4.69) is 0 Å². The van der Waals surface area contributed by atoms with Gasteiger partial charge in [0.15, 0.2) is 11.7 Å². The van der Waals surface area contributed by atoms with Crippen molar-refractivity contribution in [1.82, 2.24) is 0 Å². The fourth-order valence-corrected chi connectivity index (χ4v) is 2.06. The molecule has 0 saturated carbocycles. The van der Waals surface area contributed by atoms with Crippen LogP contribution in [0.1, 0.15) is 33.1 Å². The van der Waals surface area contributed by atoms with Gasteiger partial charge in [-0.25, -0.2) is 9.59 Å². The highest BCUT2D eigenvalue weighted by molar-refractivity contribution is 5.87. The van der Waals surface area contributed by atoms with Gasteiger partial charge in [-0.15, -0.1) is 0 Å². The summed E-state index contributed by atoms with van der Waals surface area (Å²) in [6, 6.07) is 0. The Morgan fingerprint density at radius 1 is 1.00 bits per heavy atom. The molecule has 120 valence electrons. The predicted octanol–water partition coefficient (Wildman–Crippen LogP) is 0.275. The molecule has 9 nitrogen and oxygen atoms in total.